The van der Waals surface area contributed by atoms with Crippen molar-refractivity contribution < 1.29 is 23.0 Å². The van der Waals surface area contributed by atoms with Gasteiger partial charge in [-0.3, -0.25) is 0 Å². The average molecular weight is 420 g/mol. The minimum absolute atomic E-state index is 0.0752. The van der Waals surface area contributed by atoms with E-state index in [-0.39, 0.29) is 22.7 Å². The van der Waals surface area contributed by atoms with Gasteiger partial charge in [-0.15, -0.1) is 0 Å². The highest BCUT2D eigenvalue weighted by molar-refractivity contribution is 7.92. The number of sulfone groups is 1. The van der Waals surface area contributed by atoms with E-state index in [0.29, 0.717) is 13.0 Å². The number of hydrogen-bond donors (Lipinski definition) is 1. The van der Waals surface area contributed by atoms with Gasteiger partial charge >= 0.3 is 0 Å². The number of ether oxygens (including phenoxy) is 2. The van der Waals surface area contributed by atoms with Gasteiger partial charge in [0, 0.05) is 13.7 Å². The van der Waals surface area contributed by atoms with Crippen LogP contribution < -0.4 is 4.74 Å². The number of para-hydroxylation sites is 1. The highest BCUT2D eigenvalue weighted by Crippen LogP contribution is 2.26. The molecular formula is C22H29NO5S. The molecule has 6 nitrogen and oxygen atoms in total. The van der Waals surface area contributed by atoms with Crippen LogP contribution in [-0.2, 0) is 21.0 Å². The highest BCUT2D eigenvalue weighted by atomic mass is 32.2. The number of methoxy groups -OCH3 is 1. The molecule has 29 heavy (non-hydrogen) atoms. The Labute approximate surface area is 173 Å². The summed E-state index contributed by atoms with van der Waals surface area (Å²) in [6.45, 7) is 2.50. The second kappa shape index (κ2) is 10.1. The Bertz CT molecular complexity index is 882. The molecule has 1 fully saturated rings. The summed E-state index contributed by atoms with van der Waals surface area (Å²) in [7, 11) is -1.75. The third-order valence-corrected chi connectivity index (χ3v) is 7.50. The van der Waals surface area contributed by atoms with E-state index in [1.54, 1.807) is 7.11 Å². The first-order valence-electron chi connectivity index (χ1n) is 9.95. The Morgan fingerprint density at radius 3 is 2.62 bits per heavy atom. The van der Waals surface area contributed by atoms with E-state index >= 15 is 0 Å². The van der Waals surface area contributed by atoms with Crippen LogP contribution in [0.2, 0.25) is 0 Å². The number of aromatic hydroxyl groups is 1. The quantitative estimate of drug-likeness (QED) is 0.471. The van der Waals surface area contributed by atoms with E-state index in [4.69, 9.17) is 9.47 Å². The van der Waals surface area contributed by atoms with Crippen LogP contribution in [0, 0.1) is 0 Å². The molecule has 0 bridgehead atoms. The lowest BCUT2D eigenvalue weighted by Crippen LogP contribution is -2.27. The van der Waals surface area contributed by atoms with E-state index in [0.717, 1.165) is 38.1 Å². The maximum Gasteiger partial charge on any atom is 0.188 e. The lowest BCUT2D eigenvalue weighted by Gasteiger charge is -2.16. The third kappa shape index (κ3) is 5.72. The molecule has 0 aliphatic carbocycles. The molecule has 2 aromatic carbocycles. The molecule has 1 saturated heterocycles. The Morgan fingerprint density at radius 2 is 1.86 bits per heavy atom. The fourth-order valence-corrected chi connectivity index (χ4v) is 5.43. The Morgan fingerprint density at radius 1 is 1.10 bits per heavy atom. The monoisotopic (exact) mass is 419 g/mol. The molecule has 1 aliphatic rings. The van der Waals surface area contributed by atoms with E-state index in [1.807, 2.05) is 18.2 Å². The van der Waals surface area contributed by atoms with Crippen LogP contribution in [0.5, 0.6) is 11.5 Å². The first-order chi connectivity index (χ1) is 14.0. The molecule has 2 aromatic rings. The molecule has 1 unspecified atom stereocenters. The second-order valence-electron chi connectivity index (χ2n) is 7.37. The molecular weight excluding hydrogens is 390 g/mol. The van der Waals surface area contributed by atoms with Crippen LogP contribution in [0.1, 0.15) is 24.8 Å². The van der Waals surface area contributed by atoms with Gasteiger partial charge in [-0.25, -0.2) is 8.42 Å². The molecule has 7 heteroatoms. The number of unbranched alkanes of at least 4 members (excludes halogenated alkanes) is 1. The number of phenols is 1. The maximum atomic E-state index is 12.8. The van der Waals surface area contributed by atoms with Gasteiger partial charge < -0.3 is 19.5 Å². The van der Waals surface area contributed by atoms with Crippen molar-refractivity contribution in [2.75, 3.05) is 33.5 Å². The Balaban J connectivity index is 1.46. The molecule has 0 spiro atoms. The van der Waals surface area contributed by atoms with Crippen molar-refractivity contribution in [3.05, 3.63) is 54.1 Å². The van der Waals surface area contributed by atoms with Crippen LogP contribution in [0.25, 0.3) is 0 Å². The van der Waals surface area contributed by atoms with Crippen molar-refractivity contribution in [3.63, 3.8) is 0 Å². The number of likely N-dealkylation sites (tertiary alicyclic amines) is 1. The molecule has 0 radical (unpaired) electrons. The largest absolute Gasteiger partial charge is 0.508 e. The smallest absolute Gasteiger partial charge is 0.188 e. The zero-order valence-corrected chi connectivity index (χ0v) is 17.6. The van der Waals surface area contributed by atoms with Crippen molar-refractivity contribution in [2.24, 2.45) is 0 Å². The summed E-state index contributed by atoms with van der Waals surface area (Å²) in [4.78, 5) is 2.52. The number of rotatable bonds is 10. The van der Waals surface area contributed by atoms with Crippen molar-refractivity contribution >= 4 is 9.84 Å². The summed E-state index contributed by atoms with van der Waals surface area (Å²) < 4.78 is 36.2. The van der Waals surface area contributed by atoms with Crippen molar-refractivity contribution in [2.45, 2.75) is 35.8 Å². The first kappa shape index (κ1) is 21.6. The standard InChI is InChI=1S/C22H29NO5S/c1-27-17-28-22-8-3-2-6-18(22)7-4-5-14-23-15-13-21(16-23)29(25,26)20-11-9-19(24)10-12-20/h2-3,6,8-12,21,24H,4-5,7,13-17H2,1H3. The lowest BCUT2D eigenvalue weighted by atomic mass is 10.1. The number of benzene rings is 2. The minimum Gasteiger partial charge on any atom is -0.508 e. The number of nitrogens with zero attached hydrogens (tertiary/aromatic N) is 1. The van der Waals surface area contributed by atoms with Crippen molar-refractivity contribution in [1.82, 2.24) is 4.90 Å². The van der Waals surface area contributed by atoms with Crippen LogP contribution in [0.15, 0.2) is 53.4 Å². The summed E-state index contributed by atoms with van der Waals surface area (Å²) >= 11 is 0. The molecule has 0 saturated carbocycles. The predicted octanol–water partition coefficient (Wildman–Crippen LogP) is 3.25. The summed E-state index contributed by atoms with van der Waals surface area (Å²) in [5, 5.41) is 9.00. The highest BCUT2D eigenvalue weighted by Gasteiger charge is 2.33. The molecule has 1 atom stereocenters. The van der Waals surface area contributed by atoms with Gasteiger partial charge in [0.1, 0.15) is 11.5 Å². The van der Waals surface area contributed by atoms with Crippen LogP contribution in [0.4, 0.5) is 0 Å². The van der Waals surface area contributed by atoms with Gasteiger partial charge in [0.25, 0.3) is 0 Å². The molecule has 3 rings (SSSR count). The second-order valence-corrected chi connectivity index (χ2v) is 9.59. The topological polar surface area (TPSA) is 76.1 Å². The Hall–Kier alpha value is -2.09. The molecule has 0 amide bonds. The number of aryl methyl sites for hydroxylation is 1. The predicted molar refractivity (Wildman–Crippen MR) is 112 cm³/mol. The summed E-state index contributed by atoms with van der Waals surface area (Å²) in [6.07, 6.45) is 3.59. The van der Waals surface area contributed by atoms with Crippen LogP contribution >= 0.6 is 0 Å². The first-order valence-corrected chi connectivity index (χ1v) is 11.5. The maximum absolute atomic E-state index is 12.8. The SMILES string of the molecule is COCOc1ccccc1CCCCN1CCC(S(=O)(=O)c2ccc(O)cc2)C1. The van der Waals surface area contributed by atoms with Gasteiger partial charge in [-0.1, -0.05) is 18.2 Å². The van der Waals surface area contributed by atoms with E-state index < -0.39 is 9.84 Å². The fraction of sp³-hybridized carbons (Fsp3) is 0.455. The summed E-state index contributed by atoms with van der Waals surface area (Å²) in [5.74, 6) is 0.932. The molecule has 0 aromatic heterocycles. The molecule has 1 heterocycles. The zero-order valence-electron chi connectivity index (χ0n) is 16.8. The van der Waals surface area contributed by atoms with Crippen LogP contribution in [0.3, 0.4) is 0 Å². The van der Waals surface area contributed by atoms with Crippen molar-refractivity contribution in [1.29, 1.82) is 0 Å². The van der Waals surface area contributed by atoms with E-state index in [9.17, 15) is 13.5 Å². The van der Waals surface area contributed by atoms with Gasteiger partial charge in [0.05, 0.1) is 10.1 Å². The number of hydrogen-bond acceptors (Lipinski definition) is 6. The molecule has 158 valence electrons. The average Bonchev–Trinajstić information content (AvgIpc) is 3.20. The normalized spacial score (nSPS) is 17.5. The van der Waals surface area contributed by atoms with Crippen molar-refractivity contribution in [3.8, 4) is 11.5 Å². The van der Waals surface area contributed by atoms with Gasteiger partial charge in [0.2, 0.25) is 0 Å². The summed E-state index contributed by atoms with van der Waals surface area (Å²) in [6, 6.07) is 13.8. The van der Waals surface area contributed by atoms with E-state index in [1.165, 1.54) is 29.8 Å². The fourth-order valence-electron chi connectivity index (χ4n) is 3.71. The summed E-state index contributed by atoms with van der Waals surface area (Å²) in [5.41, 5.74) is 1.17. The number of phenolic OH excluding ortho intramolecular Hbond substituents is 1. The third-order valence-electron chi connectivity index (χ3n) is 5.31. The lowest BCUT2D eigenvalue weighted by molar-refractivity contribution is 0.0504. The molecule has 1 N–H and O–H groups in total. The van der Waals surface area contributed by atoms with Crippen LogP contribution in [-0.4, -0.2) is 57.2 Å². The zero-order chi connectivity index (χ0) is 20.7. The van der Waals surface area contributed by atoms with Gasteiger partial charge in [-0.2, -0.15) is 0 Å². The Kier molecular flexibility index (Phi) is 7.52. The van der Waals surface area contributed by atoms with Gasteiger partial charge in [-0.05, 0) is 74.7 Å². The van der Waals surface area contributed by atoms with Gasteiger partial charge in [0.15, 0.2) is 16.6 Å². The minimum atomic E-state index is -3.36. The van der Waals surface area contributed by atoms with E-state index in [2.05, 4.69) is 11.0 Å². The molecule has 1 aliphatic heterocycles.